The molecule has 0 bridgehead atoms. The Bertz CT molecular complexity index is 1310. The summed E-state index contributed by atoms with van der Waals surface area (Å²) in [4.78, 5) is 29.3. The molecule has 0 spiro atoms. The summed E-state index contributed by atoms with van der Waals surface area (Å²) < 4.78 is 2.13. The molecule has 1 fully saturated rings. The fraction of sp³-hybridized carbons (Fsp3) is 0.250. The third kappa shape index (κ3) is 2.25. The molecule has 0 saturated heterocycles. The lowest BCUT2D eigenvalue weighted by atomic mass is 9.82. The van der Waals surface area contributed by atoms with Crippen LogP contribution in [0.2, 0.25) is 0 Å². The number of hydrogen-bond acceptors (Lipinski definition) is 3. The quantitative estimate of drug-likeness (QED) is 0.514. The molecule has 2 N–H and O–H groups in total. The van der Waals surface area contributed by atoms with E-state index in [2.05, 4.69) is 9.55 Å². The number of Topliss-reactive ketones (excluding diaryl/α,β-unsaturated/α-hetero) is 2. The number of aromatic amines is 1. The molecule has 6 rings (SSSR count). The summed E-state index contributed by atoms with van der Waals surface area (Å²) in [7, 11) is 0. The van der Waals surface area contributed by atoms with Gasteiger partial charge in [-0.1, -0.05) is 36.4 Å². The number of ketones is 2. The number of carbonyl (C=O) groups excluding carboxylic acids is 2. The molecule has 0 unspecified atom stereocenters. The van der Waals surface area contributed by atoms with E-state index in [4.69, 9.17) is 0 Å². The van der Waals surface area contributed by atoms with Crippen LogP contribution in [0.25, 0.3) is 21.8 Å². The van der Waals surface area contributed by atoms with Gasteiger partial charge < -0.3 is 14.7 Å². The van der Waals surface area contributed by atoms with Crippen LogP contribution in [0.4, 0.5) is 0 Å². The van der Waals surface area contributed by atoms with E-state index in [1.165, 1.54) is 0 Å². The summed E-state index contributed by atoms with van der Waals surface area (Å²) in [5.74, 6) is -1.01. The van der Waals surface area contributed by atoms with Gasteiger partial charge in [0.05, 0.1) is 29.9 Å². The molecule has 3 atom stereocenters. The molecule has 1 saturated carbocycles. The molecule has 2 aromatic heterocycles. The normalized spacial score (nSPS) is 24.1. The largest absolute Gasteiger partial charge is 0.388 e. The number of nitrogens with zero attached hydrogens (tertiary/aromatic N) is 1. The van der Waals surface area contributed by atoms with Crippen LogP contribution in [0.15, 0.2) is 54.9 Å². The van der Waals surface area contributed by atoms with Crippen molar-refractivity contribution in [1.82, 2.24) is 9.55 Å². The van der Waals surface area contributed by atoms with Crippen molar-refractivity contribution < 1.29 is 14.7 Å². The van der Waals surface area contributed by atoms with E-state index >= 15 is 0 Å². The molecule has 1 aliphatic carbocycles. The summed E-state index contributed by atoms with van der Waals surface area (Å²) in [5.41, 5.74) is 4.67. The Balaban J connectivity index is 1.58. The van der Waals surface area contributed by atoms with Gasteiger partial charge in [0.15, 0.2) is 0 Å². The van der Waals surface area contributed by atoms with Gasteiger partial charge in [-0.05, 0) is 23.6 Å². The number of aryl methyl sites for hydroxylation is 1. The number of nitrogens with one attached hydrogen (secondary N) is 1. The van der Waals surface area contributed by atoms with E-state index in [9.17, 15) is 14.7 Å². The van der Waals surface area contributed by atoms with Gasteiger partial charge in [-0.2, -0.15) is 0 Å². The van der Waals surface area contributed by atoms with Crippen molar-refractivity contribution in [1.29, 1.82) is 0 Å². The highest BCUT2D eigenvalue weighted by Crippen LogP contribution is 2.47. The molecule has 0 radical (unpaired) electrons. The van der Waals surface area contributed by atoms with E-state index < -0.39 is 17.9 Å². The summed E-state index contributed by atoms with van der Waals surface area (Å²) in [6, 6.07) is 13.8. The van der Waals surface area contributed by atoms with Crippen LogP contribution in [0.3, 0.4) is 0 Å². The predicted molar refractivity (Wildman–Crippen MR) is 110 cm³/mol. The number of aliphatic hydroxyl groups is 1. The van der Waals surface area contributed by atoms with Gasteiger partial charge in [0.1, 0.15) is 11.6 Å². The molecule has 1 aliphatic heterocycles. The van der Waals surface area contributed by atoms with Crippen LogP contribution < -0.4 is 0 Å². The van der Waals surface area contributed by atoms with Crippen molar-refractivity contribution in [2.45, 2.75) is 37.3 Å². The number of H-pyrrole nitrogens is 1. The highest BCUT2D eigenvalue weighted by Gasteiger charge is 2.45. The summed E-state index contributed by atoms with van der Waals surface area (Å²) in [6.07, 6.45) is 4.06. The molecule has 2 aromatic carbocycles. The second kappa shape index (κ2) is 5.91. The second-order valence-corrected chi connectivity index (χ2v) is 8.18. The van der Waals surface area contributed by atoms with Crippen molar-refractivity contribution in [3.63, 3.8) is 0 Å². The number of rotatable bonds is 2. The standard InChI is InChI=1S/C24H20N2O3/c27-19-8-9-26-12-17(14-5-3-6-15(19)24(14)26)23-21(29)10-20(28)22(23)16-11-25-18-7-2-1-4-13(16)18/h1-7,11-12,19,22-23,25,27H,8-10H2/t19-,22+,23+/m0/s1. The Morgan fingerprint density at radius 2 is 1.66 bits per heavy atom. The van der Waals surface area contributed by atoms with Crippen LogP contribution >= 0.6 is 0 Å². The number of para-hydroxylation sites is 2. The monoisotopic (exact) mass is 384 g/mol. The Morgan fingerprint density at radius 3 is 2.52 bits per heavy atom. The fourth-order valence-corrected chi connectivity index (χ4v) is 5.35. The first-order valence-electron chi connectivity index (χ1n) is 10.0. The Hall–Kier alpha value is -3.18. The maximum absolute atomic E-state index is 13.0. The average molecular weight is 384 g/mol. The first-order chi connectivity index (χ1) is 14.1. The van der Waals surface area contributed by atoms with Crippen molar-refractivity contribution in [2.24, 2.45) is 0 Å². The number of benzene rings is 2. The van der Waals surface area contributed by atoms with E-state index in [1.54, 1.807) is 0 Å². The SMILES string of the molecule is O=C1CC(=O)[C@@H](c2cn3c4c(cccc24)[C@@H](O)CC3)[C@@H]1c1c[nH]c2ccccc12. The third-order valence-corrected chi connectivity index (χ3v) is 6.63. The van der Waals surface area contributed by atoms with Crippen LogP contribution in [-0.2, 0) is 16.1 Å². The molecule has 5 heteroatoms. The second-order valence-electron chi connectivity index (χ2n) is 8.18. The average Bonchev–Trinajstić information content (AvgIpc) is 3.38. The Morgan fingerprint density at radius 1 is 0.897 bits per heavy atom. The van der Waals surface area contributed by atoms with Crippen LogP contribution in [0.5, 0.6) is 0 Å². The van der Waals surface area contributed by atoms with E-state index in [0.29, 0.717) is 13.0 Å². The van der Waals surface area contributed by atoms with E-state index in [1.807, 2.05) is 54.9 Å². The lowest BCUT2D eigenvalue weighted by Gasteiger charge is -2.20. The van der Waals surface area contributed by atoms with Gasteiger partial charge in [-0.25, -0.2) is 0 Å². The van der Waals surface area contributed by atoms with Gasteiger partial charge in [0.25, 0.3) is 0 Å². The molecule has 3 heterocycles. The molecule has 2 aliphatic rings. The molecular formula is C24H20N2O3. The number of fused-ring (bicyclic) bond motifs is 1. The number of hydrogen-bond donors (Lipinski definition) is 2. The maximum Gasteiger partial charge on any atom is 0.148 e. The predicted octanol–water partition coefficient (Wildman–Crippen LogP) is 3.97. The van der Waals surface area contributed by atoms with Crippen molar-refractivity contribution in [3.05, 3.63) is 71.5 Å². The Labute approximate surface area is 167 Å². The molecule has 29 heavy (non-hydrogen) atoms. The van der Waals surface area contributed by atoms with Crippen molar-refractivity contribution in [2.75, 3.05) is 0 Å². The summed E-state index contributed by atoms with van der Waals surface area (Å²) in [5, 5.41) is 12.4. The zero-order valence-electron chi connectivity index (χ0n) is 15.8. The van der Waals surface area contributed by atoms with Crippen LogP contribution in [0.1, 0.15) is 47.5 Å². The van der Waals surface area contributed by atoms with Gasteiger partial charge >= 0.3 is 0 Å². The van der Waals surface area contributed by atoms with E-state index in [-0.39, 0.29) is 18.0 Å². The molecular weight excluding hydrogens is 364 g/mol. The van der Waals surface area contributed by atoms with Crippen molar-refractivity contribution >= 4 is 33.4 Å². The minimum absolute atomic E-state index is 0.0169. The van der Waals surface area contributed by atoms with E-state index in [0.717, 1.165) is 38.5 Å². The molecule has 144 valence electrons. The first-order valence-corrected chi connectivity index (χ1v) is 10.0. The lowest BCUT2D eigenvalue weighted by Crippen LogP contribution is -2.14. The fourth-order valence-electron chi connectivity index (χ4n) is 5.35. The molecule has 5 nitrogen and oxygen atoms in total. The third-order valence-electron chi connectivity index (χ3n) is 6.63. The van der Waals surface area contributed by atoms with Gasteiger partial charge in [-0.15, -0.1) is 0 Å². The first kappa shape index (κ1) is 16.7. The number of aliphatic hydroxyl groups excluding tert-OH is 1. The zero-order valence-corrected chi connectivity index (χ0v) is 15.8. The highest BCUT2D eigenvalue weighted by atomic mass is 16.3. The number of carbonyl (C=O) groups is 2. The number of aromatic nitrogens is 2. The van der Waals surface area contributed by atoms with Crippen LogP contribution in [0, 0.1) is 0 Å². The molecule has 0 amide bonds. The smallest absolute Gasteiger partial charge is 0.148 e. The minimum Gasteiger partial charge on any atom is -0.388 e. The minimum atomic E-state index is -0.490. The highest BCUT2D eigenvalue weighted by molar-refractivity contribution is 6.15. The molecule has 4 aromatic rings. The van der Waals surface area contributed by atoms with Crippen molar-refractivity contribution in [3.8, 4) is 0 Å². The van der Waals surface area contributed by atoms with Gasteiger partial charge in [-0.3, -0.25) is 9.59 Å². The zero-order chi connectivity index (χ0) is 19.7. The lowest BCUT2D eigenvalue weighted by molar-refractivity contribution is -0.122. The topological polar surface area (TPSA) is 75.1 Å². The van der Waals surface area contributed by atoms with Gasteiger partial charge in [0, 0.05) is 40.8 Å². The summed E-state index contributed by atoms with van der Waals surface area (Å²) >= 11 is 0. The van der Waals surface area contributed by atoms with Gasteiger partial charge in [0.2, 0.25) is 0 Å². The summed E-state index contributed by atoms with van der Waals surface area (Å²) in [6.45, 7) is 0.710. The Kier molecular flexibility index (Phi) is 3.41. The maximum atomic E-state index is 13.0. The van der Waals surface area contributed by atoms with Crippen LogP contribution in [-0.4, -0.2) is 26.2 Å².